The molecule has 4 aromatic rings. The number of phenolic OH excluding ortho intramolecular Hbond substituents is 1. The van der Waals surface area contributed by atoms with Gasteiger partial charge in [-0.2, -0.15) is 5.11 Å². The first kappa shape index (κ1) is 25.2. The van der Waals surface area contributed by atoms with Crippen LogP contribution in [-0.2, 0) is 25.6 Å². The fourth-order valence-corrected chi connectivity index (χ4v) is 5.02. The number of aromatic nitrogens is 1. The second-order valence-corrected chi connectivity index (χ2v) is 10.0. The first-order valence-corrected chi connectivity index (χ1v) is 12.9. The molecule has 0 unspecified atom stereocenters. The van der Waals surface area contributed by atoms with Crippen molar-refractivity contribution in [1.29, 1.82) is 0 Å². The van der Waals surface area contributed by atoms with Gasteiger partial charge in [-0.25, -0.2) is 9.78 Å². The molecule has 0 saturated carbocycles. The average Bonchev–Trinajstić information content (AvgIpc) is 3.49. The quantitative estimate of drug-likeness (QED) is 0.224. The van der Waals surface area contributed by atoms with Crippen molar-refractivity contribution in [2.24, 2.45) is 10.2 Å². The number of aryl methyl sites for hydroxylation is 3. The van der Waals surface area contributed by atoms with Crippen LogP contribution in [0.2, 0.25) is 0 Å². The lowest BCUT2D eigenvalue weighted by Crippen LogP contribution is -2.32. The number of carbonyl (C=O) groups excluding carboxylic acids is 3. The van der Waals surface area contributed by atoms with Crippen LogP contribution in [0.25, 0.3) is 20.8 Å². The summed E-state index contributed by atoms with van der Waals surface area (Å²) >= 11 is 1.64. The van der Waals surface area contributed by atoms with Crippen molar-refractivity contribution >= 4 is 50.7 Å². The zero-order chi connectivity index (χ0) is 26.8. The summed E-state index contributed by atoms with van der Waals surface area (Å²) in [7, 11) is 0. The molecule has 5 rings (SSSR count). The fourth-order valence-electron chi connectivity index (χ4n) is 3.99. The second-order valence-electron chi connectivity index (χ2n) is 8.99. The van der Waals surface area contributed by atoms with Crippen molar-refractivity contribution in [2.45, 2.75) is 39.5 Å². The zero-order valence-electron chi connectivity index (χ0n) is 20.8. The molecule has 38 heavy (non-hydrogen) atoms. The Balaban J connectivity index is 1.24. The van der Waals surface area contributed by atoms with Gasteiger partial charge in [0.25, 0.3) is 11.8 Å². The molecule has 192 valence electrons. The number of hydroxylamine groups is 2. The standard InChI is InChI=1S/C28H24N4O5S/c1-16-3-11-23-27(17(16)2)29-28(38-23)19-6-8-20(9-7-19)30-31-21-15-18(4-10-22(21)33)5-14-26(36)37-32-24(34)12-13-25(32)35/h3-4,6-11,15,33H,5,12-14H2,1-2H3/b31-30+. The molecule has 1 fully saturated rings. The highest BCUT2D eigenvalue weighted by atomic mass is 32.1. The van der Waals surface area contributed by atoms with Crippen LogP contribution < -0.4 is 0 Å². The van der Waals surface area contributed by atoms with Gasteiger partial charge in [-0.05, 0) is 79.4 Å². The van der Waals surface area contributed by atoms with Crippen molar-refractivity contribution in [3.63, 3.8) is 0 Å². The minimum Gasteiger partial charge on any atom is -0.506 e. The predicted molar refractivity (Wildman–Crippen MR) is 142 cm³/mol. The predicted octanol–water partition coefficient (Wildman–Crippen LogP) is 6.24. The summed E-state index contributed by atoms with van der Waals surface area (Å²) in [4.78, 5) is 45.0. The number of azo groups is 1. The number of hydrogen-bond donors (Lipinski definition) is 1. The lowest BCUT2D eigenvalue weighted by molar-refractivity contribution is -0.197. The summed E-state index contributed by atoms with van der Waals surface area (Å²) in [6.45, 7) is 4.16. The van der Waals surface area contributed by atoms with Crippen molar-refractivity contribution in [3.05, 3.63) is 71.3 Å². The fraction of sp³-hybridized carbons (Fsp3) is 0.214. The molecule has 9 nitrogen and oxygen atoms in total. The van der Waals surface area contributed by atoms with E-state index in [1.807, 2.05) is 24.3 Å². The molecular weight excluding hydrogens is 504 g/mol. The number of carbonyl (C=O) groups is 3. The van der Waals surface area contributed by atoms with E-state index in [1.54, 1.807) is 23.5 Å². The summed E-state index contributed by atoms with van der Waals surface area (Å²) in [5.74, 6) is -1.78. The minimum absolute atomic E-state index is 0.0442. The van der Waals surface area contributed by atoms with E-state index < -0.39 is 17.8 Å². The highest BCUT2D eigenvalue weighted by molar-refractivity contribution is 7.21. The molecule has 1 aliphatic heterocycles. The van der Waals surface area contributed by atoms with Crippen LogP contribution in [0, 0.1) is 13.8 Å². The van der Waals surface area contributed by atoms with Crippen LogP contribution >= 0.6 is 11.3 Å². The van der Waals surface area contributed by atoms with Gasteiger partial charge in [0.15, 0.2) is 0 Å². The molecule has 1 N–H and O–H groups in total. The molecule has 0 bridgehead atoms. The number of hydrogen-bond acceptors (Lipinski definition) is 9. The Bertz CT molecular complexity index is 1580. The third-order valence-corrected chi connectivity index (χ3v) is 7.40. The van der Waals surface area contributed by atoms with Gasteiger partial charge in [-0.15, -0.1) is 21.5 Å². The third kappa shape index (κ3) is 5.30. The first-order chi connectivity index (χ1) is 18.3. The number of imide groups is 1. The summed E-state index contributed by atoms with van der Waals surface area (Å²) < 4.78 is 1.15. The highest BCUT2D eigenvalue weighted by Crippen LogP contribution is 2.34. The van der Waals surface area contributed by atoms with Gasteiger partial charge in [0.1, 0.15) is 16.4 Å². The molecule has 2 heterocycles. The number of nitrogens with zero attached hydrogens (tertiary/aromatic N) is 4. The summed E-state index contributed by atoms with van der Waals surface area (Å²) in [6, 6.07) is 16.5. The maximum atomic E-state index is 12.1. The van der Waals surface area contributed by atoms with E-state index in [2.05, 4.69) is 36.2 Å². The lowest BCUT2D eigenvalue weighted by atomic mass is 10.1. The van der Waals surface area contributed by atoms with E-state index in [0.717, 1.165) is 20.8 Å². The van der Waals surface area contributed by atoms with Crippen LogP contribution in [0.5, 0.6) is 5.75 Å². The van der Waals surface area contributed by atoms with Gasteiger partial charge in [-0.3, -0.25) is 9.59 Å². The highest BCUT2D eigenvalue weighted by Gasteiger charge is 2.32. The number of aromatic hydroxyl groups is 1. The molecule has 0 aliphatic carbocycles. The Morgan fingerprint density at radius 1 is 1.03 bits per heavy atom. The molecule has 1 aliphatic rings. The van der Waals surface area contributed by atoms with Gasteiger partial charge in [-0.1, -0.05) is 12.1 Å². The van der Waals surface area contributed by atoms with Gasteiger partial charge < -0.3 is 9.94 Å². The summed E-state index contributed by atoms with van der Waals surface area (Å²) in [5, 5.41) is 20.1. The van der Waals surface area contributed by atoms with Crippen LogP contribution in [0.3, 0.4) is 0 Å². The number of benzene rings is 3. The molecule has 0 atom stereocenters. The SMILES string of the molecule is Cc1ccc2sc(-c3ccc(/N=N/c4cc(CCC(=O)ON5C(=O)CCC5=O)ccc4O)cc3)nc2c1C. The molecule has 2 amide bonds. The monoisotopic (exact) mass is 528 g/mol. The Morgan fingerprint density at radius 2 is 1.76 bits per heavy atom. The summed E-state index contributed by atoms with van der Waals surface area (Å²) in [6.07, 6.45) is 0.309. The maximum Gasteiger partial charge on any atom is 0.333 e. The Labute approximate surface area is 222 Å². The van der Waals surface area contributed by atoms with Gasteiger partial charge in [0.05, 0.1) is 22.3 Å². The van der Waals surface area contributed by atoms with E-state index in [9.17, 15) is 19.5 Å². The Hall–Kier alpha value is -4.44. The maximum absolute atomic E-state index is 12.1. The van der Waals surface area contributed by atoms with Crippen molar-refractivity contribution in [1.82, 2.24) is 10.0 Å². The Kier molecular flexibility index (Phi) is 6.97. The van der Waals surface area contributed by atoms with Crippen LogP contribution in [0.1, 0.15) is 36.0 Å². The van der Waals surface area contributed by atoms with Gasteiger partial charge >= 0.3 is 5.97 Å². The second kappa shape index (κ2) is 10.5. The third-order valence-electron chi connectivity index (χ3n) is 6.33. The van der Waals surface area contributed by atoms with Crippen molar-refractivity contribution < 1.29 is 24.3 Å². The number of thiazole rings is 1. The molecule has 0 spiro atoms. The zero-order valence-corrected chi connectivity index (χ0v) is 21.6. The lowest BCUT2D eigenvalue weighted by Gasteiger charge is -2.12. The van der Waals surface area contributed by atoms with Crippen LogP contribution in [0.15, 0.2) is 64.8 Å². The minimum atomic E-state index is -0.691. The number of amides is 2. The largest absolute Gasteiger partial charge is 0.506 e. The first-order valence-electron chi connectivity index (χ1n) is 12.1. The van der Waals surface area contributed by atoms with Crippen molar-refractivity contribution in [3.8, 4) is 16.3 Å². The van der Waals surface area contributed by atoms with E-state index >= 15 is 0 Å². The molecule has 10 heteroatoms. The number of rotatable bonds is 7. The number of phenols is 1. The van der Waals surface area contributed by atoms with E-state index in [1.165, 1.54) is 17.2 Å². The van der Waals surface area contributed by atoms with Gasteiger partial charge in [0.2, 0.25) is 0 Å². The van der Waals surface area contributed by atoms with Crippen molar-refractivity contribution in [2.75, 3.05) is 0 Å². The van der Waals surface area contributed by atoms with E-state index in [0.29, 0.717) is 16.3 Å². The van der Waals surface area contributed by atoms with Crippen LogP contribution in [0.4, 0.5) is 11.4 Å². The molecular formula is C28H24N4O5S. The van der Waals surface area contributed by atoms with Crippen LogP contribution in [-0.4, -0.2) is 32.9 Å². The van der Waals surface area contributed by atoms with Gasteiger partial charge in [0, 0.05) is 18.4 Å². The summed E-state index contributed by atoms with van der Waals surface area (Å²) in [5.41, 5.74) is 5.98. The molecule has 1 saturated heterocycles. The normalized spacial score (nSPS) is 13.7. The topological polar surface area (TPSA) is 122 Å². The molecule has 1 aromatic heterocycles. The molecule has 3 aromatic carbocycles. The Morgan fingerprint density at radius 3 is 2.50 bits per heavy atom. The smallest absolute Gasteiger partial charge is 0.333 e. The average molecular weight is 529 g/mol. The van der Waals surface area contributed by atoms with E-state index in [-0.39, 0.29) is 37.1 Å². The van der Waals surface area contributed by atoms with E-state index in [4.69, 9.17) is 9.82 Å². The molecule has 0 radical (unpaired) electrons. The number of fused-ring (bicyclic) bond motifs is 1.